The van der Waals surface area contributed by atoms with Gasteiger partial charge in [-0.15, -0.1) is 0 Å². The number of hydrogen-bond acceptors (Lipinski definition) is 4. The zero-order chi connectivity index (χ0) is 25.2. The Hall–Kier alpha value is -2.57. The number of ether oxygens (including phenoxy) is 1. The molecule has 188 valence electrons. The van der Waals surface area contributed by atoms with Crippen LogP contribution in [0, 0.1) is 6.92 Å². The van der Waals surface area contributed by atoms with Gasteiger partial charge in [0.05, 0.1) is 0 Å². The van der Waals surface area contributed by atoms with Crippen LogP contribution in [0.15, 0.2) is 36.4 Å². The van der Waals surface area contributed by atoms with Gasteiger partial charge in [-0.2, -0.15) is 0 Å². The zero-order valence-electron chi connectivity index (χ0n) is 21.2. The van der Waals surface area contributed by atoms with E-state index < -0.39 is 17.7 Å². The maximum atomic E-state index is 13.1. The number of carbonyl (C=O) groups is 2. The summed E-state index contributed by atoms with van der Waals surface area (Å²) in [6.07, 6.45) is 2.98. The molecule has 2 aromatic rings. The van der Waals surface area contributed by atoms with Crippen molar-refractivity contribution in [3.63, 3.8) is 0 Å². The molecule has 7 heteroatoms. The molecule has 0 radical (unpaired) electrons. The van der Waals surface area contributed by atoms with Gasteiger partial charge in [0.2, 0.25) is 5.91 Å². The highest BCUT2D eigenvalue weighted by Gasteiger charge is 2.35. The summed E-state index contributed by atoms with van der Waals surface area (Å²) in [5, 5.41) is 3.59. The lowest BCUT2D eigenvalue weighted by Crippen LogP contribution is -2.51. The molecule has 0 aromatic heterocycles. The first kappa shape index (κ1) is 25.5. The fourth-order valence-corrected chi connectivity index (χ4v) is 5.08. The Labute approximate surface area is 213 Å². The van der Waals surface area contributed by atoms with Gasteiger partial charge in [0.1, 0.15) is 11.6 Å². The molecule has 0 bridgehead atoms. The largest absolute Gasteiger partial charge is 0.444 e. The zero-order valence-corrected chi connectivity index (χ0v) is 22.0. The summed E-state index contributed by atoms with van der Waals surface area (Å²) in [4.78, 5) is 29.7. The van der Waals surface area contributed by atoms with E-state index in [2.05, 4.69) is 35.3 Å². The van der Waals surface area contributed by atoms with Crippen molar-refractivity contribution in [3.05, 3.63) is 63.7 Å². The molecular formula is C28H36ClN3O3. The van der Waals surface area contributed by atoms with Crippen molar-refractivity contribution in [2.24, 2.45) is 0 Å². The van der Waals surface area contributed by atoms with E-state index >= 15 is 0 Å². The van der Waals surface area contributed by atoms with Crippen molar-refractivity contribution in [1.29, 1.82) is 0 Å². The molecule has 2 aromatic carbocycles. The normalized spacial score (nSPS) is 18.7. The van der Waals surface area contributed by atoms with Crippen LogP contribution in [0.25, 0.3) is 0 Å². The third-order valence-corrected chi connectivity index (χ3v) is 6.95. The van der Waals surface area contributed by atoms with Crippen LogP contribution in [0.2, 0.25) is 5.02 Å². The number of carbonyl (C=O) groups excluding carboxylic acids is 2. The molecule has 0 aliphatic carbocycles. The number of amides is 2. The molecule has 1 N–H and O–H groups in total. The first-order chi connectivity index (χ1) is 16.6. The topological polar surface area (TPSA) is 61.9 Å². The smallest absolute Gasteiger partial charge is 0.410 e. The Kier molecular flexibility index (Phi) is 7.72. The molecule has 0 saturated carbocycles. The lowest BCUT2D eigenvalue weighted by Gasteiger charge is -2.35. The second kappa shape index (κ2) is 10.6. The highest BCUT2D eigenvalue weighted by Crippen LogP contribution is 2.27. The van der Waals surface area contributed by atoms with Gasteiger partial charge in [0, 0.05) is 36.9 Å². The summed E-state index contributed by atoms with van der Waals surface area (Å²) >= 11 is 6.63. The van der Waals surface area contributed by atoms with E-state index in [1.807, 2.05) is 32.9 Å². The molecule has 1 saturated heterocycles. The Morgan fingerprint density at radius 3 is 2.63 bits per heavy atom. The minimum absolute atomic E-state index is 0.206. The summed E-state index contributed by atoms with van der Waals surface area (Å²) in [6.45, 7) is 10.8. The van der Waals surface area contributed by atoms with Crippen LogP contribution >= 0.6 is 11.6 Å². The first-order valence-corrected chi connectivity index (χ1v) is 12.9. The van der Waals surface area contributed by atoms with Crippen LogP contribution in [0.5, 0.6) is 0 Å². The van der Waals surface area contributed by atoms with Crippen molar-refractivity contribution in [1.82, 2.24) is 9.80 Å². The molecule has 35 heavy (non-hydrogen) atoms. The third kappa shape index (κ3) is 6.56. The third-order valence-electron chi connectivity index (χ3n) is 6.60. The number of nitrogens with zero attached hydrogens (tertiary/aromatic N) is 2. The fourth-order valence-electron chi connectivity index (χ4n) is 4.84. The van der Waals surface area contributed by atoms with Gasteiger partial charge >= 0.3 is 6.09 Å². The molecule has 2 aliphatic rings. The van der Waals surface area contributed by atoms with Crippen LogP contribution in [-0.4, -0.2) is 46.5 Å². The molecular weight excluding hydrogens is 462 g/mol. The molecule has 0 unspecified atom stereocenters. The van der Waals surface area contributed by atoms with Crippen LogP contribution in [0.4, 0.5) is 10.5 Å². The van der Waals surface area contributed by atoms with Crippen molar-refractivity contribution in [3.8, 4) is 0 Å². The Bertz CT molecular complexity index is 1100. The maximum Gasteiger partial charge on any atom is 0.410 e. The van der Waals surface area contributed by atoms with E-state index in [1.54, 1.807) is 11.0 Å². The lowest BCUT2D eigenvalue weighted by molar-refractivity contribution is -0.122. The van der Waals surface area contributed by atoms with Crippen molar-refractivity contribution in [2.45, 2.75) is 78.1 Å². The second-order valence-corrected chi connectivity index (χ2v) is 11.1. The van der Waals surface area contributed by atoms with Gasteiger partial charge in [0.25, 0.3) is 0 Å². The molecule has 6 nitrogen and oxygen atoms in total. The average Bonchev–Trinajstić information content (AvgIpc) is 2.79. The van der Waals surface area contributed by atoms with E-state index in [4.69, 9.17) is 16.3 Å². The van der Waals surface area contributed by atoms with Gasteiger partial charge < -0.3 is 10.1 Å². The molecule has 0 spiro atoms. The monoisotopic (exact) mass is 497 g/mol. The van der Waals surface area contributed by atoms with Gasteiger partial charge in [-0.3, -0.25) is 14.6 Å². The molecule has 1 atom stereocenters. The number of fused-ring (bicyclic) bond motifs is 1. The van der Waals surface area contributed by atoms with Crippen molar-refractivity contribution >= 4 is 29.3 Å². The van der Waals surface area contributed by atoms with Crippen LogP contribution in [-0.2, 0) is 29.0 Å². The molecule has 2 aliphatic heterocycles. The standard InChI is InChI=1S/C28H36ClN3O3/c1-19-8-9-20-12-14-31(18-22(20)15-19)17-21-10-11-23(16-24(21)29)30-26(33)25-7-5-6-13-32(25)27(34)35-28(2,3)4/h8-11,15-16,25H,5-7,12-14,17-18H2,1-4H3,(H,30,33)/t25-/m1/s1. The quantitative estimate of drug-likeness (QED) is 0.568. The van der Waals surface area contributed by atoms with Crippen molar-refractivity contribution in [2.75, 3.05) is 18.4 Å². The average molecular weight is 498 g/mol. The number of benzene rings is 2. The van der Waals surface area contributed by atoms with E-state index in [0.29, 0.717) is 23.7 Å². The lowest BCUT2D eigenvalue weighted by atomic mass is 9.97. The number of halogens is 1. The summed E-state index contributed by atoms with van der Waals surface area (Å²) in [7, 11) is 0. The number of likely N-dealkylation sites (tertiary alicyclic amines) is 1. The number of nitrogens with one attached hydrogen (secondary N) is 1. The predicted molar refractivity (Wildman–Crippen MR) is 140 cm³/mol. The van der Waals surface area contributed by atoms with Crippen LogP contribution in [0.3, 0.4) is 0 Å². The van der Waals surface area contributed by atoms with E-state index in [9.17, 15) is 9.59 Å². The van der Waals surface area contributed by atoms with Crippen LogP contribution < -0.4 is 5.32 Å². The van der Waals surface area contributed by atoms with E-state index in [-0.39, 0.29) is 5.91 Å². The summed E-state index contributed by atoms with van der Waals surface area (Å²) in [5.74, 6) is -0.206. The predicted octanol–water partition coefficient (Wildman–Crippen LogP) is 5.93. The number of rotatable bonds is 4. The SMILES string of the molecule is Cc1ccc2c(c1)CN(Cc1ccc(NC(=O)[C@H]3CCCCN3C(=O)OC(C)(C)C)cc1Cl)CC2. The van der Waals surface area contributed by atoms with E-state index in [0.717, 1.165) is 44.5 Å². The molecule has 1 fully saturated rings. The number of aryl methyl sites for hydroxylation is 1. The Morgan fingerprint density at radius 2 is 1.89 bits per heavy atom. The second-order valence-electron chi connectivity index (χ2n) is 10.7. The maximum absolute atomic E-state index is 13.1. The Balaban J connectivity index is 1.39. The highest BCUT2D eigenvalue weighted by atomic mass is 35.5. The first-order valence-electron chi connectivity index (χ1n) is 12.5. The molecule has 2 amide bonds. The summed E-state index contributed by atoms with van der Waals surface area (Å²) < 4.78 is 5.52. The minimum Gasteiger partial charge on any atom is -0.444 e. The fraction of sp³-hybridized carbons (Fsp3) is 0.500. The van der Waals surface area contributed by atoms with Gasteiger partial charge in [-0.25, -0.2) is 4.79 Å². The molecule has 4 rings (SSSR count). The highest BCUT2D eigenvalue weighted by molar-refractivity contribution is 6.31. The number of anilines is 1. The number of hydrogen-bond donors (Lipinski definition) is 1. The summed E-state index contributed by atoms with van der Waals surface area (Å²) in [5.41, 5.74) is 5.17. The molecule has 2 heterocycles. The minimum atomic E-state index is -0.603. The van der Waals surface area contributed by atoms with Crippen molar-refractivity contribution < 1.29 is 14.3 Å². The van der Waals surface area contributed by atoms with Gasteiger partial charge in [-0.05, 0) is 82.2 Å². The number of piperidine rings is 1. The van der Waals surface area contributed by atoms with Gasteiger partial charge in [-0.1, -0.05) is 41.4 Å². The summed E-state index contributed by atoms with van der Waals surface area (Å²) in [6, 6.07) is 11.8. The van der Waals surface area contributed by atoms with Crippen LogP contribution in [0.1, 0.15) is 62.3 Å². The van der Waals surface area contributed by atoms with Gasteiger partial charge in [0.15, 0.2) is 0 Å². The Morgan fingerprint density at radius 1 is 1.09 bits per heavy atom. The van der Waals surface area contributed by atoms with E-state index in [1.165, 1.54) is 16.7 Å².